The number of carbonyl (C=O) groups is 3. The average molecular weight is 372 g/mol. The minimum atomic E-state index is -1.61. The Morgan fingerprint density at radius 2 is 2.00 bits per heavy atom. The molecule has 0 aliphatic heterocycles. The Balaban J connectivity index is 2.85. The van der Waals surface area contributed by atoms with Gasteiger partial charge in [0, 0.05) is 0 Å². The van der Waals surface area contributed by atoms with Crippen molar-refractivity contribution >= 4 is 17.5 Å². The molecule has 0 amide bonds. The third kappa shape index (κ3) is 2.96. The maximum absolute atomic E-state index is 13.5. The second-order valence-corrected chi connectivity index (χ2v) is 8.80. The van der Waals surface area contributed by atoms with Crippen molar-refractivity contribution in [3.05, 3.63) is 24.3 Å². The molecule has 2 bridgehead atoms. The molecule has 27 heavy (non-hydrogen) atoms. The predicted molar refractivity (Wildman–Crippen MR) is 101 cm³/mol. The van der Waals surface area contributed by atoms with Gasteiger partial charge < -0.3 is 9.84 Å². The van der Waals surface area contributed by atoms with Gasteiger partial charge >= 0.3 is 5.97 Å². The van der Waals surface area contributed by atoms with Gasteiger partial charge in [0.2, 0.25) is 0 Å². The largest absolute Gasteiger partial charge is 0.468 e. The Morgan fingerprint density at radius 1 is 1.41 bits per heavy atom. The van der Waals surface area contributed by atoms with Crippen LogP contribution < -0.4 is 0 Å². The molecule has 0 aromatic heterocycles. The number of rotatable bonds is 3. The van der Waals surface area contributed by atoms with Gasteiger partial charge in [0.1, 0.15) is 5.60 Å². The molecule has 146 valence electrons. The van der Waals surface area contributed by atoms with Gasteiger partial charge in [-0.2, -0.15) is 0 Å². The van der Waals surface area contributed by atoms with Crippen LogP contribution in [0.15, 0.2) is 24.3 Å². The molecule has 1 N–H and O–H groups in total. The average Bonchev–Trinajstić information content (AvgIpc) is 2.56. The van der Waals surface area contributed by atoms with Crippen molar-refractivity contribution in [2.45, 2.75) is 53.1 Å². The predicted octanol–water partition coefficient (Wildman–Crippen LogP) is 2.63. The molecule has 0 unspecified atom stereocenters. The van der Waals surface area contributed by atoms with E-state index in [1.807, 2.05) is 13.8 Å². The summed E-state index contributed by atoms with van der Waals surface area (Å²) >= 11 is 0. The summed E-state index contributed by atoms with van der Waals surface area (Å²) in [5.41, 5.74) is -5.00. The van der Waals surface area contributed by atoms with Crippen LogP contribution in [0.5, 0.6) is 0 Å². The fourth-order valence-electron chi connectivity index (χ4n) is 4.38. The molecule has 3 atom stereocenters. The standard InChI is InChI=1S/C22H28O5/c1-8-9-15-13-21(6)16(23)14(10-11-19(2,3)26)12-22(17(21)24,18(25)27-7)20(15,4)5/h8,12,15,26H,1,9,13H2,2-7H3/t15-,21+,22-/m0/s1. The maximum atomic E-state index is 13.5. The van der Waals surface area contributed by atoms with Gasteiger partial charge in [-0.25, -0.2) is 0 Å². The fraction of sp³-hybridized carbons (Fsp3) is 0.591. The summed E-state index contributed by atoms with van der Waals surface area (Å²) in [5.74, 6) is 3.68. The number of ketones is 2. The summed E-state index contributed by atoms with van der Waals surface area (Å²) in [6, 6.07) is 0. The van der Waals surface area contributed by atoms with E-state index in [9.17, 15) is 19.5 Å². The van der Waals surface area contributed by atoms with Crippen LogP contribution in [0.2, 0.25) is 0 Å². The van der Waals surface area contributed by atoms with Gasteiger partial charge in [-0.1, -0.05) is 31.8 Å². The number of esters is 1. The number of Topliss-reactive ketones (excluding diaryl/α,β-unsaturated/α-hetero) is 2. The summed E-state index contributed by atoms with van der Waals surface area (Å²) in [6.07, 6.45) is 4.00. The normalized spacial score (nSPS) is 32.1. The number of ether oxygens (including phenoxy) is 1. The van der Waals surface area contributed by atoms with E-state index in [4.69, 9.17) is 4.74 Å². The highest BCUT2D eigenvalue weighted by Crippen LogP contribution is 2.62. The van der Waals surface area contributed by atoms with Crippen molar-refractivity contribution in [3.8, 4) is 11.8 Å². The van der Waals surface area contributed by atoms with Crippen LogP contribution in [0, 0.1) is 34.0 Å². The SMILES string of the molecule is C=CC[C@H]1C[C@]2(C)C(=O)C(C#CC(C)(C)O)=C[C@@](C(=O)OC)(C2=O)C1(C)C. The third-order valence-electron chi connectivity index (χ3n) is 6.12. The van der Waals surface area contributed by atoms with Crippen LogP contribution >= 0.6 is 0 Å². The number of hydrogen-bond donors (Lipinski definition) is 1. The van der Waals surface area contributed by atoms with Gasteiger partial charge in [-0.05, 0) is 51.0 Å². The molecule has 1 fully saturated rings. The number of fused-ring (bicyclic) bond motifs is 2. The Kier molecular flexibility index (Phi) is 5.05. The lowest BCUT2D eigenvalue weighted by molar-refractivity contribution is -0.178. The van der Waals surface area contributed by atoms with Crippen LogP contribution in [0.1, 0.15) is 47.5 Å². The number of allylic oxidation sites excluding steroid dienone is 2. The second-order valence-electron chi connectivity index (χ2n) is 8.80. The number of aliphatic hydroxyl groups is 1. The van der Waals surface area contributed by atoms with Crippen molar-refractivity contribution < 1.29 is 24.2 Å². The molecule has 0 saturated heterocycles. The first-order valence-corrected chi connectivity index (χ1v) is 9.05. The van der Waals surface area contributed by atoms with Crippen molar-refractivity contribution in [1.29, 1.82) is 0 Å². The Labute approximate surface area is 160 Å². The highest BCUT2D eigenvalue weighted by molar-refractivity contribution is 6.26. The molecule has 2 aliphatic rings. The first-order chi connectivity index (χ1) is 12.3. The van der Waals surface area contributed by atoms with Crippen molar-refractivity contribution in [2.75, 3.05) is 7.11 Å². The zero-order valence-corrected chi connectivity index (χ0v) is 16.9. The van der Waals surface area contributed by atoms with Gasteiger partial charge in [0.15, 0.2) is 17.0 Å². The van der Waals surface area contributed by atoms with Gasteiger partial charge in [0.25, 0.3) is 0 Å². The van der Waals surface area contributed by atoms with E-state index in [2.05, 4.69) is 18.4 Å². The summed E-state index contributed by atoms with van der Waals surface area (Å²) in [7, 11) is 1.24. The summed E-state index contributed by atoms with van der Waals surface area (Å²) in [4.78, 5) is 39.6. The third-order valence-corrected chi connectivity index (χ3v) is 6.12. The van der Waals surface area contributed by atoms with Crippen molar-refractivity contribution in [2.24, 2.45) is 22.2 Å². The smallest absolute Gasteiger partial charge is 0.323 e. The highest BCUT2D eigenvalue weighted by atomic mass is 16.5. The lowest BCUT2D eigenvalue weighted by Crippen LogP contribution is -2.66. The first-order valence-electron chi connectivity index (χ1n) is 9.05. The summed E-state index contributed by atoms with van der Waals surface area (Å²) in [5, 5.41) is 9.91. The summed E-state index contributed by atoms with van der Waals surface area (Å²) in [6.45, 7) is 12.1. The van der Waals surface area contributed by atoms with E-state index in [1.54, 1.807) is 13.0 Å². The van der Waals surface area contributed by atoms with Crippen molar-refractivity contribution in [3.63, 3.8) is 0 Å². The molecule has 5 heteroatoms. The maximum Gasteiger partial charge on any atom is 0.323 e. The van der Waals surface area contributed by atoms with Crippen LogP contribution in [-0.4, -0.2) is 35.4 Å². The molecule has 0 aromatic rings. The molecule has 1 saturated carbocycles. The van der Waals surface area contributed by atoms with Crippen LogP contribution in [0.4, 0.5) is 0 Å². The molecule has 0 aromatic carbocycles. The van der Waals surface area contributed by atoms with Gasteiger partial charge in [-0.3, -0.25) is 14.4 Å². The first kappa shape index (κ1) is 21.1. The van der Waals surface area contributed by atoms with Crippen LogP contribution in [-0.2, 0) is 19.1 Å². The van der Waals surface area contributed by atoms with Gasteiger partial charge in [0.05, 0.1) is 18.1 Å². The lowest BCUT2D eigenvalue weighted by Gasteiger charge is -2.56. The zero-order chi connectivity index (χ0) is 20.8. The van der Waals surface area contributed by atoms with E-state index in [0.29, 0.717) is 12.8 Å². The number of carbonyl (C=O) groups excluding carboxylic acids is 3. The number of hydrogen-bond acceptors (Lipinski definition) is 5. The topological polar surface area (TPSA) is 80.7 Å². The molecular weight excluding hydrogens is 344 g/mol. The zero-order valence-electron chi connectivity index (χ0n) is 16.9. The van der Waals surface area contributed by atoms with E-state index < -0.39 is 39.4 Å². The van der Waals surface area contributed by atoms with E-state index >= 15 is 0 Å². The Morgan fingerprint density at radius 3 is 2.48 bits per heavy atom. The van der Waals surface area contributed by atoms with Crippen LogP contribution in [0.25, 0.3) is 0 Å². The Bertz CT molecular complexity index is 799. The van der Waals surface area contributed by atoms with E-state index in [1.165, 1.54) is 27.0 Å². The van der Waals surface area contributed by atoms with Gasteiger partial charge in [-0.15, -0.1) is 6.58 Å². The lowest BCUT2D eigenvalue weighted by atomic mass is 9.42. The van der Waals surface area contributed by atoms with E-state index in [0.717, 1.165) is 0 Å². The Hall–Kier alpha value is -2.19. The van der Waals surface area contributed by atoms with Crippen LogP contribution in [0.3, 0.4) is 0 Å². The molecule has 2 rings (SSSR count). The molecule has 0 spiro atoms. The van der Waals surface area contributed by atoms with E-state index in [-0.39, 0.29) is 11.5 Å². The summed E-state index contributed by atoms with van der Waals surface area (Å²) < 4.78 is 5.03. The number of methoxy groups -OCH3 is 1. The van der Waals surface area contributed by atoms with Crippen molar-refractivity contribution in [1.82, 2.24) is 0 Å². The minimum absolute atomic E-state index is 0.0785. The molecule has 0 heterocycles. The molecule has 0 radical (unpaired) electrons. The highest BCUT2D eigenvalue weighted by Gasteiger charge is 2.70. The fourth-order valence-corrected chi connectivity index (χ4v) is 4.38. The quantitative estimate of drug-likeness (QED) is 0.356. The molecule has 2 aliphatic carbocycles. The molecular formula is C22H28O5. The minimum Gasteiger partial charge on any atom is -0.468 e. The molecule has 5 nitrogen and oxygen atoms in total. The second kappa shape index (κ2) is 6.45. The monoisotopic (exact) mass is 372 g/mol.